The molecule has 3 amide bonds. The van der Waals surface area contributed by atoms with Crippen LogP contribution < -0.4 is 16.4 Å². The molecule has 1 rings (SSSR count). The molecule has 0 fully saturated rings. The summed E-state index contributed by atoms with van der Waals surface area (Å²) in [5.41, 5.74) is 4.90. The van der Waals surface area contributed by atoms with E-state index < -0.39 is 30.4 Å². The van der Waals surface area contributed by atoms with Gasteiger partial charge in [0, 0.05) is 25.5 Å². The first kappa shape index (κ1) is 15.5. The molecule has 0 aromatic carbocycles. The summed E-state index contributed by atoms with van der Waals surface area (Å²) < 4.78 is 1.85. The Morgan fingerprint density at radius 2 is 2.15 bits per heavy atom. The van der Waals surface area contributed by atoms with Gasteiger partial charge in [0.25, 0.3) is 0 Å². The molecular formula is C11H17N5O4. The van der Waals surface area contributed by atoms with E-state index in [4.69, 9.17) is 10.8 Å². The molecule has 1 atom stereocenters. The van der Waals surface area contributed by atoms with E-state index in [0.29, 0.717) is 19.5 Å². The van der Waals surface area contributed by atoms with E-state index in [9.17, 15) is 14.4 Å². The minimum Gasteiger partial charge on any atom is -0.480 e. The van der Waals surface area contributed by atoms with E-state index in [1.54, 1.807) is 18.7 Å². The number of carbonyl (C=O) groups excluding carboxylic acids is 2. The van der Waals surface area contributed by atoms with Gasteiger partial charge in [-0.3, -0.25) is 4.79 Å². The summed E-state index contributed by atoms with van der Waals surface area (Å²) in [6.45, 7) is 1.05. The molecule has 1 aromatic rings. The van der Waals surface area contributed by atoms with Gasteiger partial charge in [0.05, 0.1) is 12.7 Å². The second kappa shape index (κ2) is 7.77. The molecule has 1 heterocycles. The van der Waals surface area contributed by atoms with Gasteiger partial charge in [-0.15, -0.1) is 0 Å². The largest absolute Gasteiger partial charge is 0.480 e. The van der Waals surface area contributed by atoms with Crippen LogP contribution in [0.15, 0.2) is 18.7 Å². The van der Waals surface area contributed by atoms with Gasteiger partial charge in [-0.25, -0.2) is 14.6 Å². The van der Waals surface area contributed by atoms with Crippen molar-refractivity contribution in [3.63, 3.8) is 0 Å². The van der Waals surface area contributed by atoms with Crippen LogP contribution in [0.4, 0.5) is 4.79 Å². The molecule has 0 spiro atoms. The van der Waals surface area contributed by atoms with Crippen molar-refractivity contribution in [3.05, 3.63) is 18.7 Å². The molecule has 0 saturated heterocycles. The van der Waals surface area contributed by atoms with Crippen molar-refractivity contribution in [1.82, 2.24) is 20.2 Å². The molecule has 1 aromatic heterocycles. The van der Waals surface area contributed by atoms with Crippen molar-refractivity contribution in [1.29, 1.82) is 0 Å². The Bertz CT molecular complexity index is 459. The first-order valence-corrected chi connectivity index (χ1v) is 6.00. The summed E-state index contributed by atoms with van der Waals surface area (Å²) in [5, 5.41) is 13.5. The van der Waals surface area contributed by atoms with Crippen LogP contribution in [0, 0.1) is 0 Å². The van der Waals surface area contributed by atoms with Gasteiger partial charge < -0.3 is 26.0 Å². The number of rotatable bonds is 8. The Kier molecular flexibility index (Phi) is 6.01. The number of amides is 3. The van der Waals surface area contributed by atoms with E-state index in [1.807, 2.05) is 4.57 Å². The SMILES string of the molecule is NC(=O)C[C@@H](NC(=O)NCCCn1ccnc1)C(=O)O. The third-order valence-electron chi connectivity index (χ3n) is 2.45. The Morgan fingerprint density at radius 1 is 1.40 bits per heavy atom. The van der Waals surface area contributed by atoms with E-state index in [2.05, 4.69) is 15.6 Å². The number of imidazole rings is 1. The minimum atomic E-state index is -1.32. The highest BCUT2D eigenvalue weighted by molar-refractivity contribution is 5.87. The molecule has 5 N–H and O–H groups in total. The molecule has 9 nitrogen and oxygen atoms in total. The number of nitrogens with one attached hydrogen (secondary N) is 2. The van der Waals surface area contributed by atoms with Crippen molar-refractivity contribution in [2.45, 2.75) is 25.4 Å². The van der Waals surface area contributed by atoms with Gasteiger partial charge in [0.2, 0.25) is 5.91 Å². The number of aromatic nitrogens is 2. The predicted octanol–water partition coefficient (Wildman–Crippen LogP) is -1.10. The number of aryl methyl sites for hydroxylation is 1. The molecule has 20 heavy (non-hydrogen) atoms. The quantitative estimate of drug-likeness (QED) is 0.448. The average molecular weight is 283 g/mol. The first-order chi connectivity index (χ1) is 9.49. The minimum absolute atomic E-state index is 0.368. The lowest BCUT2D eigenvalue weighted by atomic mass is 10.2. The highest BCUT2D eigenvalue weighted by Gasteiger charge is 2.21. The zero-order valence-corrected chi connectivity index (χ0v) is 10.8. The Labute approximate surface area is 115 Å². The summed E-state index contributed by atoms with van der Waals surface area (Å²) in [6.07, 6.45) is 5.33. The first-order valence-electron chi connectivity index (χ1n) is 6.00. The Hall–Kier alpha value is -2.58. The van der Waals surface area contributed by atoms with Gasteiger partial charge >= 0.3 is 12.0 Å². The van der Waals surface area contributed by atoms with Gasteiger partial charge in [0.15, 0.2) is 0 Å². The van der Waals surface area contributed by atoms with Crippen LogP contribution in [-0.4, -0.2) is 45.2 Å². The van der Waals surface area contributed by atoms with E-state index in [-0.39, 0.29) is 0 Å². The van der Waals surface area contributed by atoms with Crippen LogP contribution >= 0.6 is 0 Å². The maximum absolute atomic E-state index is 11.4. The zero-order chi connectivity index (χ0) is 15.0. The van der Waals surface area contributed by atoms with E-state index in [1.165, 1.54) is 0 Å². The number of urea groups is 1. The van der Waals surface area contributed by atoms with E-state index >= 15 is 0 Å². The Balaban J connectivity index is 2.24. The van der Waals surface area contributed by atoms with Crippen molar-refractivity contribution in [2.24, 2.45) is 5.73 Å². The molecule has 0 saturated carbocycles. The van der Waals surface area contributed by atoms with Crippen LogP contribution in [0.3, 0.4) is 0 Å². The smallest absolute Gasteiger partial charge is 0.326 e. The van der Waals surface area contributed by atoms with Gasteiger partial charge in [-0.1, -0.05) is 0 Å². The normalized spacial score (nSPS) is 11.6. The van der Waals surface area contributed by atoms with Gasteiger partial charge in [0.1, 0.15) is 6.04 Å². The van der Waals surface area contributed by atoms with Crippen molar-refractivity contribution in [3.8, 4) is 0 Å². The van der Waals surface area contributed by atoms with Crippen LogP contribution in [0.1, 0.15) is 12.8 Å². The summed E-state index contributed by atoms with van der Waals surface area (Å²) in [7, 11) is 0. The monoisotopic (exact) mass is 283 g/mol. The molecule has 0 aliphatic carbocycles. The average Bonchev–Trinajstić information content (AvgIpc) is 2.86. The van der Waals surface area contributed by atoms with Crippen LogP contribution in [-0.2, 0) is 16.1 Å². The molecule has 110 valence electrons. The second-order valence-corrected chi connectivity index (χ2v) is 4.12. The molecule has 0 aliphatic rings. The lowest BCUT2D eigenvalue weighted by molar-refractivity contribution is -0.140. The highest BCUT2D eigenvalue weighted by atomic mass is 16.4. The van der Waals surface area contributed by atoms with Crippen molar-refractivity contribution < 1.29 is 19.5 Å². The Morgan fingerprint density at radius 3 is 2.70 bits per heavy atom. The predicted molar refractivity (Wildman–Crippen MR) is 68.6 cm³/mol. The maximum atomic E-state index is 11.4. The summed E-state index contributed by atoms with van der Waals surface area (Å²) in [4.78, 5) is 36.8. The molecule has 9 heteroatoms. The lowest BCUT2D eigenvalue weighted by Crippen LogP contribution is -2.47. The summed E-state index contributed by atoms with van der Waals surface area (Å²) >= 11 is 0. The number of nitrogens with two attached hydrogens (primary N) is 1. The lowest BCUT2D eigenvalue weighted by Gasteiger charge is -2.13. The van der Waals surface area contributed by atoms with Gasteiger partial charge in [-0.2, -0.15) is 0 Å². The van der Waals surface area contributed by atoms with Crippen LogP contribution in [0.2, 0.25) is 0 Å². The standard InChI is InChI=1S/C11H17N5O4/c12-9(17)6-8(10(18)19)15-11(20)14-2-1-4-16-5-3-13-7-16/h3,5,7-8H,1-2,4,6H2,(H2,12,17)(H,18,19)(H2,14,15,20)/t8-/m1/s1. The molecule has 0 unspecified atom stereocenters. The number of nitrogens with zero attached hydrogens (tertiary/aromatic N) is 2. The number of aliphatic carboxylic acids is 1. The number of primary amides is 1. The third kappa shape index (κ3) is 5.85. The van der Waals surface area contributed by atoms with Crippen LogP contribution in [0.5, 0.6) is 0 Å². The fourth-order valence-corrected chi connectivity index (χ4v) is 1.49. The number of hydrogen-bond donors (Lipinski definition) is 4. The summed E-state index contributed by atoms with van der Waals surface area (Å²) in [6, 6.07) is -1.97. The molecule has 0 bridgehead atoms. The van der Waals surface area contributed by atoms with Gasteiger partial charge in [-0.05, 0) is 6.42 Å². The molecule has 0 radical (unpaired) electrons. The number of carboxylic acid groups (broad SMARTS) is 1. The van der Waals surface area contributed by atoms with Crippen LogP contribution in [0.25, 0.3) is 0 Å². The van der Waals surface area contributed by atoms with Crippen molar-refractivity contribution >= 4 is 17.9 Å². The van der Waals surface area contributed by atoms with E-state index in [0.717, 1.165) is 0 Å². The topological polar surface area (TPSA) is 139 Å². The highest BCUT2D eigenvalue weighted by Crippen LogP contribution is 1.92. The third-order valence-corrected chi connectivity index (χ3v) is 2.45. The second-order valence-electron chi connectivity index (χ2n) is 4.12. The number of hydrogen-bond acceptors (Lipinski definition) is 4. The summed E-state index contributed by atoms with van der Waals surface area (Å²) in [5.74, 6) is -2.10. The van der Waals surface area contributed by atoms with Crippen molar-refractivity contribution in [2.75, 3.05) is 6.54 Å². The molecular weight excluding hydrogens is 266 g/mol. The number of carboxylic acids is 1. The fourth-order valence-electron chi connectivity index (χ4n) is 1.49. The maximum Gasteiger partial charge on any atom is 0.326 e. The molecule has 0 aliphatic heterocycles. The fraction of sp³-hybridized carbons (Fsp3) is 0.455. The zero-order valence-electron chi connectivity index (χ0n) is 10.8. The number of carbonyl (C=O) groups is 3.